The molecule has 2 aromatic carbocycles. The Hall–Kier alpha value is -3.41. The van der Waals surface area contributed by atoms with E-state index in [9.17, 15) is 4.79 Å². The molecule has 6 heteroatoms. The summed E-state index contributed by atoms with van der Waals surface area (Å²) in [6.07, 6.45) is 3.83. The number of carbonyl (C=O) groups is 1. The molecule has 1 heterocycles. The van der Waals surface area contributed by atoms with Crippen LogP contribution in [-0.2, 0) is 0 Å². The molecule has 6 nitrogen and oxygen atoms in total. The Morgan fingerprint density at radius 3 is 2.64 bits per heavy atom. The van der Waals surface area contributed by atoms with Crippen molar-refractivity contribution in [3.05, 3.63) is 65.4 Å². The van der Waals surface area contributed by atoms with Gasteiger partial charge in [-0.2, -0.15) is 5.10 Å². The monoisotopic (exact) mass is 375 g/mol. The number of carbonyl (C=O) groups excluding carboxylic acids is 1. The molecule has 0 unspecified atom stereocenters. The van der Waals surface area contributed by atoms with Gasteiger partial charge in [-0.3, -0.25) is 9.78 Å². The maximum absolute atomic E-state index is 12.8. The van der Waals surface area contributed by atoms with Gasteiger partial charge in [-0.25, -0.2) is 5.43 Å². The van der Waals surface area contributed by atoms with Gasteiger partial charge in [0.15, 0.2) is 11.5 Å². The Bertz CT molecular complexity index is 1060. The lowest BCUT2D eigenvalue weighted by molar-refractivity contribution is 0.0956. The predicted molar refractivity (Wildman–Crippen MR) is 108 cm³/mol. The van der Waals surface area contributed by atoms with Crippen LogP contribution < -0.4 is 14.9 Å². The lowest BCUT2D eigenvalue weighted by atomic mass is 10.1. The van der Waals surface area contributed by atoms with Gasteiger partial charge < -0.3 is 9.47 Å². The molecule has 1 N–H and O–H groups in total. The quantitative estimate of drug-likeness (QED) is 0.524. The lowest BCUT2D eigenvalue weighted by Crippen LogP contribution is -2.18. The fraction of sp³-hybridized carbons (Fsp3) is 0.227. The molecule has 4 rings (SSSR count). The number of para-hydroxylation sites is 1. The van der Waals surface area contributed by atoms with Gasteiger partial charge >= 0.3 is 0 Å². The van der Waals surface area contributed by atoms with Crippen molar-refractivity contribution >= 4 is 23.0 Å². The van der Waals surface area contributed by atoms with Crippen LogP contribution in [0.2, 0.25) is 0 Å². The summed E-state index contributed by atoms with van der Waals surface area (Å²) >= 11 is 0. The number of fused-ring (bicyclic) bond motifs is 1. The molecule has 0 bridgehead atoms. The van der Waals surface area contributed by atoms with E-state index in [2.05, 4.69) is 10.5 Å². The number of rotatable bonds is 6. The van der Waals surface area contributed by atoms with Crippen molar-refractivity contribution in [2.24, 2.45) is 5.10 Å². The van der Waals surface area contributed by atoms with Crippen molar-refractivity contribution in [3.63, 3.8) is 0 Å². The number of pyridine rings is 1. The maximum atomic E-state index is 12.8. The summed E-state index contributed by atoms with van der Waals surface area (Å²) in [5.74, 6) is 1.45. The number of aromatic nitrogens is 1. The highest BCUT2D eigenvalue weighted by molar-refractivity contribution is 6.06. The van der Waals surface area contributed by atoms with Crippen LogP contribution in [-0.4, -0.2) is 31.3 Å². The summed E-state index contributed by atoms with van der Waals surface area (Å²) in [7, 11) is 3.16. The highest BCUT2D eigenvalue weighted by atomic mass is 16.5. The van der Waals surface area contributed by atoms with Gasteiger partial charge in [-0.05, 0) is 48.7 Å². The van der Waals surface area contributed by atoms with Gasteiger partial charge in [0.05, 0.1) is 31.5 Å². The summed E-state index contributed by atoms with van der Waals surface area (Å²) in [5, 5.41) is 4.93. The van der Waals surface area contributed by atoms with Crippen LogP contribution in [0.4, 0.5) is 0 Å². The van der Waals surface area contributed by atoms with Crippen LogP contribution >= 0.6 is 0 Å². The molecule has 0 radical (unpaired) electrons. The van der Waals surface area contributed by atoms with E-state index < -0.39 is 0 Å². The molecule has 0 saturated heterocycles. The highest BCUT2D eigenvalue weighted by Gasteiger charge is 2.26. The van der Waals surface area contributed by atoms with Crippen LogP contribution in [0.5, 0.6) is 11.5 Å². The zero-order valence-corrected chi connectivity index (χ0v) is 15.8. The Morgan fingerprint density at radius 2 is 1.89 bits per heavy atom. The molecule has 1 amide bonds. The molecule has 1 aliphatic carbocycles. The molecule has 1 fully saturated rings. The van der Waals surface area contributed by atoms with E-state index in [1.165, 1.54) is 0 Å². The van der Waals surface area contributed by atoms with Crippen molar-refractivity contribution in [2.75, 3.05) is 14.2 Å². The summed E-state index contributed by atoms with van der Waals surface area (Å²) in [4.78, 5) is 17.5. The number of hydrazone groups is 1. The number of methoxy groups -OCH3 is 2. The molecule has 3 aromatic rings. The van der Waals surface area contributed by atoms with Crippen molar-refractivity contribution in [3.8, 4) is 11.5 Å². The van der Waals surface area contributed by atoms with Crippen molar-refractivity contribution in [2.45, 2.75) is 18.8 Å². The van der Waals surface area contributed by atoms with E-state index in [4.69, 9.17) is 14.5 Å². The SMILES string of the molecule is COc1ccc(C=NNC(=O)c2cc(C3CC3)nc3ccccc23)cc1OC. The smallest absolute Gasteiger partial charge is 0.272 e. The van der Waals surface area contributed by atoms with E-state index in [1.807, 2.05) is 36.4 Å². The molecule has 0 spiro atoms. The minimum atomic E-state index is -0.253. The van der Waals surface area contributed by atoms with Crippen molar-refractivity contribution < 1.29 is 14.3 Å². The molecular formula is C22H21N3O3. The normalized spacial score (nSPS) is 13.6. The van der Waals surface area contributed by atoms with Crippen LogP contribution in [0.15, 0.2) is 53.6 Å². The highest BCUT2D eigenvalue weighted by Crippen LogP contribution is 2.40. The average Bonchev–Trinajstić information content (AvgIpc) is 3.58. The van der Waals surface area contributed by atoms with Crippen LogP contribution in [0.25, 0.3) is 10.9 Å². The summed E-state index contributed by atoms with van der Waals surface area (Å²) in [6, 6.07) is 15.0. The summed E-state index contributed by atoms with van der Waals surface area (Å²) < 4.78 is 10.5. The van der Waals surface area contributed by atoms with Gasteiger partial charge in [0, 0.05) is 17.0 Å². The topological polar surface area (TPSA) is 72.8 Å². The molecule has 0 aliphatic heterocycles. The second-order valence-electron chi connectivity index (χ2n) is 6.70. The summed E-state index contributed by atoms with van der Waals surface area (Å²) in [5.41, 5.74) is 5.82. The Balaban J connectivity index is 1.56. The van der Waals surface area contributed by atoms with Gasteiger partial charge in [-0.1, -0.05) is 18.2 Å². The second-order valence-corrected chi connectivity index (χ2v) is 6.70. The third-order valence-corrected chi connectivity index (χ3v) is 4.76. The fourth-order valence-corrected chi connectivity index (χ4v) is 3.13. The Morgan fingerprint density at radius 1 is 1.11 bits per heavy atom. The average molecular weight is 375 g/mol. The minimum Gasteiger partial charge on any atom is -0.493 e. The van der Waals surface area contributed by atoms with Crippen molar-refractivity contribution in [1.82, 2.24) is 10.4 Å². The number of amides is 1. The number of benzene rings is 2. The number of hydrogen-bond donors (Lipinski definition) is 1. The number of hydrogen-bond acceptors (Lipinski definition) is 5. The Labute approximate surface area is 163 Å². The predicted octanol–water partition coefficient (Wildman–Crippen LogP) is 3.89. The van der Waals surface area contributed by atoms with E-state index in [0.29, 0.717) is 23.0 Å². The molecule has 28 heavy (non-hydrogen) atoms. The molecule has 1 aliphatic rings. The van der Waals surface area contributed by atoms with Gasteiger partial charge in [0.25, 0.3) is 5.91 Å². The van der Waals surface area contributed by atoms with E-state index in [0.717, 1.165) is 35.0 Å². The molecule has 142 valence electrons. The lowest BCUT2D eigenvalue weighted by Gasteiger charge is -2.08. The zero-order chi connectivity index (χ0) is 19.5. The third kappa shape index (κ3) is 3.67. The van der Waals surface area contributed by atoms with E-state index in [1.54, 1.807) is 32.6 Å². The van der Waals surface area contributed by atoms with E-state index >= 15 is 0 Å². The first kappa shape index (κ1) is 18.0. The molecule has 0 atom stereocenters. The third-order valence-electron chi connectivity index (χ3n) is 4.76. The second kappa shape index (κ2) is 7.68. The zero-order valence-electron chi connectivity index (χ0n) is 15.8. The van der Waals surface area contributed by atoms with Crippen LogP contribution in [0.1, 0.15) is 40.4 Å². The number of ether oxygens (including phenoxy) is 2. The Kier molecular flexibility index (Phi) is 4.93. The maximum Gasteiger partial charge on any atom is 0.272 e. The van der Waals surface area contributed by atoms with Crippen LogP contribution in [0, 0.1) is 0 Å². The van der Waals surface area contributed by atoms with Crippen LogP contribution in [0.3, 0.4) is 0 Å². The first-order valence-electron chi connectivity index (χ1n) is 9.14. The standard InChI is InChI=1S/C22H21N3O3/c1-27-20-10-7-14(11-21(20)28-2)13-23-25-22(26)17-12-19(15-8-9-15)24-18-6-4-3-5-16(17)18/h3-7,10-13,15H,8-9H2,1-2H3,(H,25,26). The fourth-order valence-electron chi connectivity index (χ4n) is 3.13. The first-order valence-corrected chi connectivity index (χ1v) is 9.14. The van der Waals surface area contributed by atoms with Gasteiger partial charge in [0.2, 0.25) is 0 Å². The van der Waals surface area contributed by atoms with Crippen molar-refractivity contribution in [1.29, 1.82) is 0 Å². The molecule has 1 saturated carbocycles. The first-order chi connectivity index (χ1) is 13.7. The van der Waals surface area contributed by atoms with Gasteiger partial charge in [-0.15, -0.1) is 0 Å². The minimum absolute atomic E-state index is 0.253. The van der Waals surface area contributed by atoms with Gasteiger partial charge in [0.1, 0.15) is 0 Å². The number of nitrogens with one attached hydrogen (secondary N) is 1. The molecular weight excluding hydrogens is 354 g/mol. The molecule has 1 aromatic heterocycles. The number of nitrogens with zero attached hydrogens (tertiary/aromatic N) is 2. The van der Waals surface area contributed by atoms with E-state index in [-0.39, 0.29) is 5.91 Å². The summed E-state index contributed by atoms with van der Waals surface area (Å²) in [6.45, 7) is 0. The largest absolute Gasteiger partial charge is 0.493 e.